The summed E-state index contributed by atoms with van der Waals surface area (Å²) in [4.78, 5) is 38.2. The maximum Gasteiger partial charge on any atom is 0.306 e. The van der Waals surface area contributed by atoms with Crippen molar-refractivity contribution < 1.29 is 28.6 Å². The highest BCUT2D eigenvalue weighted by molar-refractivity contribution is 5.71. The first kappa shape index (κ1) is 65.4. The second kappa shape index (κ2) is 53.8. The van der Waals surface area contributed by atoms with Crippen LogP contribution >= 0.6 is 0 Å². The maximum atomic E-state index is 12.9. The molecule has 0 aromatic carbocycles. The Labute approximate surface area is 418 Å². The molecule has 0 amide bonds. The van der Waals surface area contributed by atoms with Crippen molar-refractivity contribution in [2.24, 2.45) is 11.8 Å². The Bertz CT molecular complexity index is 1020. The van der Waals surface area contributed by atoms with E-state index < -0.39 is 6.10 Å². The molecule has 6 heteroatoms. The molecule has 0 spiro atoms. The van der Waals surface area contributed by atoms with Crippen molar-refractivity contribution in [1.29, 1.82) is 0 Å². The van der Waals surface area contributed by atoms with E-state index in [-0.39, 0.29) is 31.1 Å². The van der Waals surface area contributed by atoms with E-state index in [0.717, 1.165) is 69.6 Å². The van der Waals surface area contributed by atoms with Gasteiger partial charge < -0.3 is 14.2 Å². The predicted molar refractivity (Wildman–Crippen MR) is 289 cm³/mol. The summed E-state index contributed by atoms with van der Waals surface area (Å²) < 4.78 is 16.9. The Kier molecular flexibility index (Phi) is 52.5. The van der Waals surface area contributed by atoms with Crippen molar-refractivity contribution in [3.63, 3.8) is 0 Å². The highest BCUT2D eigenvalue weighted by Crippen LogP contribution is 2.18. The molecule has 0 saturated carbocycles. The van der Waals surface area contributed by atoms with E-state index in [1.54, 1.807) is 0 Å². The van der Waals surface area contributed by atoms with E-state index in [9.17, 15) is 14.4 Å². The zero-order valence-electron chi connectivity index (χ0n) is 46.0. The highest BCUT2D eigenvalue weighted by atomic mass is 16.6. The summed E-state index contributed by atoms with van der Waals surface area (Å²) in [5.41, 5.74) is 0. The van der Waals surface area contributed by atoms with Crippen LogP contribution in [0.4, 0.5) is 0 Å². The molecule has 0 rings (SSSR count). The molecule has 0 bridgehead atoms. The molecule has 0 saturated heterocycles. The van der Waals surface area contributed by atoms with Crippen LogP contribution < -0.4 is 0 Å². The lowest BCUT2D eigenvalue weighted by atomic mass is 10.0. The zero-order valence-corrected chi connectivity index (χ0v) is 46.0. The minimum atomic E-state index is -0.763. The number of hydrogen-bond donors (Lipinski definition) is 0. The van der Waals surface area contributed by atoms with Crippen LogP contribution in [0, 0.1) is 11.8 Å². The minimum Gasteiger partial charge on any atom is -0.462 e. The Morgan fingerprint density at radius 3 is 0.731 bits per heavy atom. The normalized spacial score (nSPS) is 12.0. The zero-order chi connectivity index (χ0) is 48.9. The number of esters is 3. The lowest BCUT2D eigenvalue weighted by molar-refractivity contribution is -0.167. The van der Waals surface area contributed by atoms with Crippen LogP contribution in [0.15, 0.2) is 0 Å². The fourth-order valence-electron chi connectivity index (χ4n) is 9.40. The van der Waals surface area contributed by atoms with Gasteiger partial charge in [-0.3, -0.25) is 14.4 Å². The first-order valence-corrected chi connectivity index (χ1v) is 30.2. The van der Waals surface area contributed by atoms with Crippen molar-refractivity contribution in [2.45, 2.75) is 349 Å². The number of ether oxygens (including phenoxy) is 3. The Balaban J connectivity index is 4.26. The van der Waals surface area contributed by atoms with E-state index in [2.05, 4.69) is 34.6 Å². The summed E-state index contributed by atoms with van der Waals surface area (Å²) in [7, 11) is 0. The Morgan fingerprint density at radius 2 is 0.493 bits per heavy atom. The fourth-order valence-corrected chi connectivity index (χ4v) is 9.40. The van der Waals surface area contributed by atoms with Crippen molar-refractivity contribution in [1.82, 2.24) is 0 Å². The number of carbonyl (C=O) groups excluding carboxylic acids is 3. The third kappa shape index (κ3) is 55.2. The molecule has 0 aromatic heterocycles. The molecule has 6 nitrogen and oxygen atoms in total. The summed E-state index contributed by atoms with van der Waals surface area (Å²) in [5, 5.41) is 0. The third-order valence-corrected chi connectivity index (χ3v) is 14.0. The van der Waals surface area contributed by atoms with Crippen molar-refractivity contribution in [2.75, 3.05) is 13.2 Å². The molecule has 0 aromatic rings. The van der Waals surface area contributed by atoms with E-state index in [1.165, 1.54) is 231 Å². The van der Waals surface area contributed by atoms with Crippen LogP contribution in [-0.4, -0.2) is 37.2 Å². The van der Waals surface area contributed by atoms with Gasteiger partial charge in [0.1, 0.15) is 13.2 Å². The molecule has 0 heterocycles. The molecule has 67 heavy (non-hydrogen) atoms. The predicted octanol–water partition coefficient (Wildman–Crippen LogP) is 20.0. The first-order valence-electron chi connectivity index (χ1n) is 30.2. The number of unbranched alkanes of at least 4 members (excludes halogenated alkanes) is 40. The summed E-state index contributed by atoms with van der Waals surface area (Å²) >= 11 is 0. The lowest BCUT2D eigenvalue weighted by Gasteiger charge is -2.18. The van der Waals surface area contributed by atoms with Crippen molar-refractivity contribution in [3.05, 3.63) is 0 Å². The van der Waals surface area contributed by atoms with E-state index >= 15 is 0 Å². The second-order valence-electron chi connectivity index (χ2n) is 21.9. The van der Waals surface area contributed by atoms with Gasteiger partial charge >= 0.3 is 17.9 Å². The van der Waals surface area contributed by atoms with Gasteiger partial charge in [0.2, 0.25) is 0 Å². The minimum absolute atomic E-state index is 0.0626. The summed E-state index contributed by atoms with van der Waals surface area (Å²) in [6, 6.07) is 0. The molecule has 0 radical (unpaired) electrons. The van der Waals surface area contributed by atoms with E-state index in [0.29, 0.717) is 19.3 Å². The second-order valence-corrected chi connectivity index (χ2v) is 21.9. The van der Waals surface area contributed by atoms with Crippen LogP contribution in [0.1, 0.15) is 343 Å². The molecule has 0 unspecified atom stereocenters. The van der Waals surface area contributed by atoms with Crippen molar-refractivity contribution in [3.8, 4) is 0 Å². The molecule has 0 aliphatic heterocycles. The Hall–Kier alpha value is -1.59. The van der Waals surface area contributed by atoms with Crippen LogP contribution in [0.2, 0.25) is 0 Å². The number of hydrogen-bond acceptors (Lipinski definition) is 6. The average molecular weight is 948 g/mol. The van der Waals surface area contributed by atoms with Gasteiger partial charge in [0.15, 0.2) is 6.10 Å². The highest BCUT2D eigenvalue weighted by Gasteiger charge is 2.19. The summed E-state index contributed by atoms with van der Waals surface area (Å²) in [6.07, 6.45) is 58.2. The van der Waals surface area contributed by atoms with E-state index in [1.807, 2.05) is 0 Å². The molecular weight excluding hydrogens is 829 g/mol. The summed E-state index contributed by atoms with van der Waals surface area (Å²) in [5.74, 6) is 0.823. The average Bonchev–Trinajstić information content (AvgIpc) is 3.30. The molecule has 0 N–H and O–H groups in total. The number of rotatable bonds is 55. The fraction of sp³-hybridized carbons (Fsp3) is 0.951. The van der Waals surface area contributed by atoms with Crippen molar-refractivity contribution >= 4 is 17.9 Å². The van der Waals surface area contributed by atoms with Gasteiger partial charge in [-0.15, -0.1) is 0 Å². The molecular formula is C61H118O6. The smallest absolute Gasteiger partial charge is 0.306 e. The molecule has 0 aliphatic rings. The SMILES string of the molecule is CCCCCCCCCCCCCCCCCCCCC(=O)OC[C@H](COC(=O)CCCCCCCCCCCC(C)C)OC(=O)CCCCCCCCCCCCCCCCCCC(C)C. The summed E-state index contributed by atoms with van der Waals surface area (Å²) in [6.45, 7) is 11.4. The largest absolute Gasteiger partial charge is 0.462 e. The van der Waals surface area contributed by atoms with Crippen LogP contribution in [0.3, 0.4) is 0 Å². The molecule has 0 aliphatic carbocycles. The first-order chi connectivity index (χ1) is 32.7. The van der Waals surface area contributed by atoms with Crippen LogP contribution in [0.25, 0.3) is 0 Å². The quantitative estimate of drug-likeness (QED) is 0.0343. The monoisotopic (exact) mass is 947 g/mol. The Morgan fingerprint density at radius 1 is 0.284 bits per heavy atom. The van der Waals surface area contributed by atoms with E-state index in [4.69, 9.17) is 14.2 Å². The topological polar surface area (TPSA) is 78.9 Å². The third-order valence-electron chi connectivity index (χ3n) is 14.0. The maximum absolute atomic E-state index is 12.9. The lowest BCUT2D eigenvalue weighted by Crippen LogP contribution is -2.30. The van der Waals surface area contributed by atoms with Gasteiger partial charge in [0, 0.05) is 19.3 Å². The van der Waals surface area contributed by atoms with Gasteiger partial charge in [0.25, 0.3) is 0 Å². The standard InChI is InChI=1S/C61H118O6/c1-6-7-8-9-10-11-12-13-14-15-16-20-23-26-31-36-41-46-51-59(62)65-54-58(55-66-60(63)52-47-42-37-33-28-30-35-40-45-50-57(4)5)67-61(64)53-48-43-38-32-27-24-21-18-17-19-22-25-29-34-39-44-49-56(2)3/h56-58H,6-55H2,1-5H3/t58-/m1/s1. The van der Waals surface area contributed by atoms with Gasteiger partial charge in [-0.25, -0.2) is 0 Å². The van der Waals surface area contributed by atoms with Crippen LogP contribution in [0.5, 0.6) is 0 Å². The molecule has 398 valence electrons. The number of carbonyl (C=O) groups is 3. The molecule has 1 atom stereocenters. The van der Waals surface area contributed by atoms with Crippen LogP contribution in [-0.2, 0) is 28.6 Å². The van der Waals surface area contributed by atoms with Gasteiger partial charge in [-0.1, -0.05) is 304 Å². The molecule has 0 fully saturated rings. The van der Waals surface area contributed by atoms with Gasteiger partial charge in [-0.2, -0.15) is 0 Å². The van der Waals surface area contributed by atoms with Gasteiger partial charge in [0.05, 0.1) is 0 Å². The van der Waals surface area contributed by atoms with Gasteiger partial charge in [-0.05, 0) is 31.1 Å².